The Morgan fingerprint density at radius 2 is 1.05 bits per heavy atom. The van der Waals surface area contributed by atoms with Crippen LogP contribution in [0.5, 0.6) is 0 Å². The number of hydrogen-bond donors (Lipinski definition) is 1. The predicted octanol–water partition coefficient (Wildman–Crippen LogP) is 3.19. The monoisotopic (exact) mass is 260 g/mol. The molecule has 1 heteroatoms. The Morgan fingerprint density at radius 1 is 0.632 bits per heavy atom. The van der Waals surface area contributed by atoms with E-state index in [2.05, 4.69) is 34.6 Å². The molecule has 0 radical (unpaired) electrons. The van der Waals surface area contributed by atoms with Crippen molar-refractivity contribution in [2.75, 3.05) is 13.1 Å². The highest BCUT2D eigenvalue weighted by atomic mass is 15.1. The molecule has 1 aliphatic heterocycles. The first kappa shape index (κ1) is 14.6. The summed E-state index contributed by atoms with van der Waals surface area (Å²) in [5, 5.41) is 0. The van der Waals surface area contributed by atoms with Crippen LogP contribution in [0.1, 0.15) is 59.1 Å². The van der Waals surface area contributed by atoms with Crippen LogP contribution in [0.25, 0.3) is 0 Å². The van der Waals surface area contributed by atoms with Gasteiger partial charge in [-0.1, -0.05) is 0 Å². The fourth-order valence-corrected chi connectivity index (χ4v) is 3.50. The van der Waals surface area contributed by atoms with Gasteiger partial charge in [0.25, 0.3) is 0 Å². The smallest absolute Gasteiger partial charge is 0.103 e. The molecule has 0 unspecified atom stereocenters. The van der Waals surface area contributed by atoms with Crippen molar-refractivity contribution >= 4 is 0 Å². The van der Waals surface area contributed by atoms with Crippen LogP contribution in [-0.2, 0) is 6.54 Å². The van der Waals surface area contributed by atoms with Gasteiger partial charge in [0.2, 0.25) is 0 Å². The summed E-state index contributed by atoms with van der Waals surface area (Å²) in [6, 6.07) is 0. The standard InChI is InChI=1S/C18H29N/c1-13-14(2)16(4)18(17(5)15(13)3)12-19-10-8-6-7-9-11-19/h6-12H2,1-5H3/p+1. The van der Waals surface area contributed by atoms with E-state index in [1.165, 1.54) is 73.1 Å². The van der Waals surface area contributed by atoms with Gasteiger partial charge in [-0.3, -0.25) is 0 Å². The van der Waals surface area contributed by atoms with E-state index < -0.39 is 0 Å². The molecular weight excluding hydrogens is 230 g/mol. The van der Waals surface area contributed by atoms with Gasteiger partial charge in [-0.25, -0.2) is 0 Å². The van der Waals surface area contributed by atoms with Crippen LogP contribution >= 0.6 is 0 Å². The summed E-state index contributed by atoms with van der Waals surface area (Å²) >= 11 is 0. The van der Waals surface area contributed by atoms with Gasteiger partial charge in [0.05, 0.1) is 13.1 Å². The minimum atomic E-state index is 1.24. The molecule has 1 heterocycles. The van der Waals surface area contributed by atoms with E-state index in [0.717, 1.165) is 0 Å². The molecule has 0 bridgehead atoms. The van der Waals surface area contributed by atoms with Crippen LogP contribution in [0.15, 0.2) is 0 Å². The minimum absolute atomic E-state index is 1.24. The highest BCUT2D eigenvalue weighted by Gasteiger charge is 2.18. The molecule has 0 spiro atoms. The van der Waals surface area contributed by atoms with Crippen LogP contribution < -0.4 is 4.90 Å². The molecule has 1 aliphatic rings. The molecular formula is C18H30N+. The second kappa shape index (κ2) is 6.09. The largest absolute Gasteiger partial charge is 0.331 e. The molecule has 2 rings (SSSR count). The SMILES string of the molecule is Cc1c(C)c(C)c(C[NH+]2CCCCCC2)c(C)c1C. The molecule has 0 aromatic heterocycles. The topological polar surface area (TPSA) is 4.44 Å². The van der Waals surface area contributed by atoms with E-state index in [9.17, 15) is 0 Å². The van der Waals surface area contributed by atoms with Crippen molar-refractivity contribution in [1.82, 2.24) is 0 Å². The second-order valence-electron chi connectivity index (χ2n) is 6.44. The van der Waals surface area contributed by atoms with E-state index in [1.54, 1.807) is 10.5 Å². The number of benzene rings is 1. The Morgan fingerprint density at radius 3 is 1.53 bits per heavy atom. The average molecular weight is 260 g/mol. The van der Waals surface area contributed by atoms with Crippen molar-refractivity contribution in [1.29, 1.82) is 0 Å². The van der Waals surface area contributed by atoms with Crippen molar-refractivity contribution in [3.05, 3.63) is 33.4 Å². The fourth-order valence-electron chi connectivity index (χ4n) is 3.50. The highest BCUT2D eigenvalue weighted by Crippen LogP contribution is 2.25. The Hall–Kier alpha value is -0.820. The molecule has 0 atom stereocenters. The summed E-state index contributed by atoms with van der Waals surface area (Å²) in [7, 11) is 0. The molecule has 0 amide bonds. The molecule has 1 aromatic carbocycles. The lowest BCUT2D eigenvalue weighted by molar-refractivity contribution is -0.913. The first-order valence-corrected chi connectivity index (χ1v) is 7.91. The van der Waals surface area contributed by atoms with Gasteiger partial charge in [0, 0.05) is 5.56 Å². The number of hydrogen-bond acceptors (Lipinski definition) is 0. The van der Waals surface area contributed by atoms with Gasteiger partial charge in [-0.15, -0.1) is 0 Å². The third-order valence-electron chi connectivity index (χ3n) is 5.39. The number of nitrogens with one attached hydrogen (secondary N) is 1. The minimum Gasteiger partial charge on any atom is -0.331 e. The third kappa shape index (κ3) is 3.02. The third-order valence-corrected chi connectivity index (χ3v) is 5.39. The zero-order valence-electron chi connectivity index (χ0n) is 13.4. The van der Waals surface area contributed by atoms with Crippen LogP contribution in [0, 0.1) is 34.6 Å². The number of quaternary nitrogens is 1. The van der Waals surface area contributed by atoms with Gasteiger partial charge >= 0.3 is 0 Å². The Bertz CT molecular complexity index is 422. The molecule has 1 N–H and O–H groups in total. The molecule has 1 aromatic rings. The van der Waals surface area contributed by atoms with E-state index in [1.807, 2.05) is 0 Å². The van der Waals surface area contributed by atoms with Crippen molar-refractivity contribution < 1.29 is 4.90 Å². The molecule has 0 saturated carbocycles. The summed E-state index contributed by atoms with van der Waals surface area (Å²) in [4.78, 5) is 1.80. The lowest BCUT2D eigenvalue weighted by Gasteiger charge is -2.23. The highest BCUT2D eigenvalue weighted by molar-refractivity contribution is 5.49. The zero-order valence-corrected chi connectivity index (χ0v) is 13.4. The lowest BCUT2D eigenvalue weighted by atomic mass is 9.89. The molecule has 0 aliphatic carbocycles. The summed E-state index contributed by atoms with van der Waals surface area (Å²) in [6.45, 7) is 15.5. The maximum atomic E-state index is 2.32. The van der Waals surface area contributed by atoms with Gasteiger partial charge in [-0.05, 0) is 88.1 Å². The fraction of sp³-hybridized carbons (Fsp3) is 0.667. The first-order valence-electron chi connectivity index (χ1n) is 7.91. The number of rotatable bonds is 2. The van der Waals surface area contributed by atoms with Gasteiger partial charge in [0.1, 0.15) is 6.54 Å². The molecule has 1 saturated heterocycles. The lowest BCUT2D eigenvalue weighted by Crippen LogP contribution is -3.10. The summed E-state index contributed by atoms with van der Waals surface area (Å²) in [6.07, 6.45) is 5.70. The quantitative estimate of drug-likeness (QED) is 0.833. The first-order chi connectivity index (χ1) is 9.02. The molecule has 1 fully saturated rings. The van der Waals surface area contributed by atoms with E-state index in [4.69, 9.17) is 0 Å². The predicted molar refractivity (Wildman–Crippen MR) is 83.0 cm³/mol. The van der Waals surface area contributed by atoms with Crippen molar-refractivity contribution in [2.24, 2.45) is 0 Å². The molecule has 19 heavy (non-hydrogen) atoms. The van der Waals surface area contributed by atoms with Crippen molar-refractivity contribution in [2.45, 2.75) is 66.8 Å². The van der Waals surface area contributed by atoms with Gasteiger partial charge in [-0.2, -0.15) is 0 Å². The summed E-state index contributed by atoms with van der Waals surface area (Å²) in [5.41, 5.74) is 9.21. The maximum Gasteiger partial charge on any atom is 0.103 e. The average Bonchev–Trinajstić information content (AvgIpc) is 2.68. The second-order valence-corrected chi connectivity index (χ2v) is 6.44. The van der Waals surface area contributed by atoms with Crippen LogP contribution in [-0.4, -0.2) is 13.1 Å². The Balaban J connectivity index is 2.29. The maximum absolute atomic E-state index is 2.32. The molecule has 1 nitrogen and oxygen atoms in total. The summed E-state index contributed by atoms with van der Waals surface area (Å²) in [5.74, 6) is 0. The number of likely N-dealkylation sites (tertiary alicyclic amines) is 1. The van der Waals surface area contributed by atoms with Crippen molar-refractivity contribution in [3.63, 3.8) is 0 Å². The zero-order chi connectivity index (χ0) is 14.0. The van der Waals surface area contributed by atoms with Gasteiger partial charge in [0.15, 0.2) is 0 Å². The summed E-state index contributed by atoms with van der Waals surface area (Å²) < 4.78 is 0. The normalized spacial score (nSPS) is 17.5. The van der Waals surface area contributed by atoms with Crippen molar-refractivity contribution in [3.8, 4) is 0 Å². The van der Waals surface area contributed by atoms with E-state index >= 15 is 0 Å². The van der Waals surface area contributed by atoms with E-state index in [0.29, 0.717) is 0 Å². The van der Waals surface area contributed by atoms with E-state index in [-0.39, 0.29) is 0 Å². The van der Waals surface area contributed by atoms with Gasteiger partial charge < -0.3 is 4.90 Å². The molecule has 106 valence electrons. The van der Waals surface area contributed by atoms with Crippen LogP contribution in [0.4, 0.5) is 0 Å². The Kier molecular flexibility index (Phi) is 4.67. The van der Waals surface area contributed by atoms with Crippen LogP contribution in [0.3, 0.4) is 0 Å². The Labute approximate surface area is 119 Å². The van der Waals surface area contributed by atoms with Crippen LogP contribution in [0.2, 0.25) is 0 Å².